The molecule has 0 fully saturated rings. The number of rotatable bonds is 6. The minimum absolute atomic E-state index is 0. The largest absolute Gasteiger partial charge is 0.509 e. The molecule has 0 bridgehead atoms. The van der Waals surface area contributed by atoms with E-state index in [4.69, 9.17) is 9.72 Å². The molecule has 0 amide bonds. The molecular formula is C68H70N5OPt-3. The summed E-state index contributed by atoms with van der Waals surface area (Å²) in [6, 6.07) is 58.6. The van der Waals surface area contributed by atoms with E-state index in [0.29, 0.717) is 11.5 Å². The second kappa shape index (κ2) is 18.3. The standard InChI is InChI=1S/C68H70N5O.Pt/c1-64(2,3)43-26-30-55-53(37-43)54-38-44(65(4,5)6)27-31-56(54)72(55)59-24-19-25-60-63(59)52-29-28-51(41-61(52)73(60)62-39-45(32-33-69-62)66(7,8)9)74-50-21-18-20-48(40-50)70-42-71(58-23-17-16-22-57(58)70)49-35-46(67(10,11)12)34-47(36-49)68(13,14)15;/h16-39,42H,1-15H3;/q-3;. The number of anilines is 4. The molecule has 7 aromatic carbocycles. The van der Waals surface area contributed by atoms with Crippen molar-refractivity contribution in [3.8, 4) is 23.0 Å². The number of para-hydroxylation sites is 2. The Kier molecular flexibility index (Phi) is 12.6. The van der Waals surface area contributed by atoms with Crippen LogP contribution in [-0.2, 0) is 48.1 Å². The summed E-state index contributed by atoms with van der Waals surface area (Å²) in [4.78, 5) is 9.60. The van der Waals surface area contributed by atoms with Crippen LogP contribution in [0.4, 0.5) is 22.7 Å². The van der Waals surface area contributed by atoms with Crippen LogP contribution in [0.5, 0.6) is 11.5 Å². The summed E-state index contributed by atoms with van der Waals surface area (Å²) in [5.41, 5.74) is 15.9. The third-order valence-electron chi connectivity index (χ3n) is 15.0. The number of pyridine rings is 1. The first-order valence-electron chi connectivity index (χ1n) is 26.3. The monoisotopic (exact) mass is 1170 g/mol. The van der Waals surface area contributed by atoms with E-state index in [1.54, 1.807) is 0 Å². The van der Waals surface area contributed by atoms with E-state index in [2.05, 4.69) is 263 Å². The summed E-state index contributed by atoms with van der Waals surface area (Å²) in [6.07, 6.45) is 1.93. The van der Waals surface area contributed by atoms with Gasteiger partial charge in [0, 0.05) is 77.8 Å². The van der Waals surface area contributed by atoms with E-state index >= 15 is 0 Å². The maximum absolute atomic E-state index is 6.85. The quantitative estimate of drug-likeness (QED) is 0.156. The van der Waals surface area contributed by atoms with Gasteiger partial charge in [-0.15, -0.1) is 42.7 Å². The van der Waals surface area contributed by atoms with Gasteiger partial charge in [-0.1, -0.05) is 151 Å². The fourth-order valence-corrected chi connectivity index (χ4v) is 10.5. The average Bonchev–Trinajstić information content (AvgIpc) is 4.04. The van der Waals surface area contributed by atoms with Crippen LogP contribution >= 0.6 is 0 Å². The van der Waals surface area contributed by atoms with Crippen LogP contribution < -0.4 is 14.5 Å². The van der Waals surface area contributed by atoms with Gasteiger partial charge in [-0.3, -0.25) is 0 Å². The molecule has 6 nitrogen and oxygen atoms in total. The molecule has 0 unspecified atom stereocenters. The van der Waals surface area contributed by atoms with Gasteiger partial charge in [0.15, 0.2) is 0 Å². The maximum atomic E-state index is 6.85. The fraction of sp³-hybridized carbons (Fsp3) is 0.294. The summed E-state index contributed by atoms with van der Waals surface area (Å²) in [6.45, 7) is 36.4. The van der Waals surface area contributed by atoms with Gasteiger partial charge in [-0.05, 0) is 133 Å². The molecule has 7 heteroatoms. The first-order chi connectivity index (χ1) is 34.8. The van der Waals surface area contributed by atoms with Crippen molar-refractivity contribution in [2.45, 2.75) is 131 Å². The van der Waals surface area contributed by atoms with Crippen molar-refractivity contribution in [1.82, 2.24) is 14.1 Å². The van der Waals surface area contributed by atoms with Crippen molar-refractivity contribution in [2.24, 2.45) is 0 Å². The van der Waals surface area contributed by atoms with Crippen LogP contribution in [0, 0.1) is 18.8 Å². The first-order valence-corrected chi connectivity index (χ1v) is 26.3. The van der Waals surface area contributed by atoms with E-state index in [1.807, 2.05) is 24.4 Å². The summed E-state index contributed by atoms with van der Waals surface area (Å²) in [7, 11) is 0. The molecule has 0 spiro atoms. The Bertz CT molecular complexity index is 3730. The molecule has 0 saturated carbocycles. The fourth-order valence-electron chi connectivity index (χ4n) is 10.5. The van der Waals surface area contributed by atoms with Crippen LogP contribution in [0.2, 0.25) is 0 Å². The third kappa shape index (κ3) is 9.36. The maximum Gasteiger partial charge on any atom is 0.135 e. The number of nitrogens with zero attached hydrogens (tertiary/aromatic N) is 5. The second-order valence-electron chi connectivity index (χ2n) is 25.7. The van der Waals surface area contributed by atoms with Crippen LogP contribution in [-0.4, -0.2) is 14.1 Å². The topological polar surface area (TPSA) is 38.5 Å². The van der Waals surface area contributed by atoms with Gasteiger partial charge in [-0.2, -0.15) is 12.1 Å². The Morgan fingerprint density at radius 2 is 0.960 bits per heavy atom. The molecule has 386 valence electrons. The molecule has 1 aliphatic rings. The van der Waals surface area contributed by atoms with E-state index in [-0.39, 0.29) is 48.1 Å². The molecule has 10 aromatic rings. The Labute approximate surface area is 459 Å². The zero-order chi connectivity index (χ0) is 52.4. The summed E-state index contributed by atoms with van der Waals surface area (Å²) in [5, 5.41) is 4.69. The van der Waals surface area contributed by atoms with E-state index in [9.17, 15) is 0 Å². The second-order valence-corrected chi connectivity index (χ2v) is 25.7. The van der Waals surface area contributed by atoms with Crippen molar-refractivity contribution in [3.63, 3.8) is 0 Å². The average molecular weight is 1170 g/mol. The van der Waals surface area contributed by atoms with Gasteiger partial charge in [0.05, 0.1) is 11.0 Å². The molecule has 75 heavy (non-hydrogen) atoms. The number of aromatic nitrogens is 3. The molecule has 1 aliphatic heterocycles. The third-order valence-corrected chi connectivity index (χ3v) is 15.0. The van der Waals surface area contributed by atoms with Crippen LogP contribution in [0.3, 0.4) is 0 Å². The van der Waals surface area contributed by atoms with Crippen molar-refractivity contribution in [2.75, 3.05) is 9.80 Å². The number of fused-ring (bicyclic) bond motifs is 7. The predicted octanol–water partition coefficient (Wildman–Crippen LogP) is 18.6. The van der Waals surface area contributed by atoms with Gasteiger partial charge in [0.25, 0.3) is 0 Å². The predicted molar refractivity (Wildman–Crippen MR) is 312 cm³/mol. The van der Waals surface area contributed by atoms with Crippen molar-refractivity contribution < 1.29 is 25.8 Å². The van der Waals surface area contributed by atoms with Gasteiger partial charge >= 0.3 is 0 Å². The molecule has 3 aromatic heterocycles. The van der Waals surface area contributed by atoms with Gasteiger partial charge < -0.3 is 23.7 Å². The van der Waals surface area contributed by atoms with E-state index < -0.39 is 0 Å². The molecule has 0 N–H and O–H groups in total. The SMILES string of the molecule is CC(C)(C)c1cc(N2[CH-]N(c3[c-]c(Oc4[c-]c5c(cc4)c4c(-n6c7ccc(C(C)(C)C)cc7c7cc(C(C)(C)C)ccc76)cccc4n5-c4cc(C(C)(C)C)ccn4)ccc3)c3ccccc32)cc(C(C)(C)C)c1.[Pt]. The molecular weight excluding hydrogens is 1100 g/mol. The van der Waals surface area contributed by atoms with Gasteiger partial charge in [0.1, 0.15) is 5.82 Å². The molecule has 11 rings (SSSR count). The molecule has 0 radical (unpaired) electrons. The number of hydrogen-bond donors (Lipinski definition) is 0. The summed E-state index contributed by atoms with van der Waals surface area (Å²) >= 11 is 0. The zero-order valence-corrected chi connectivity index (χ0v) is 48.7. The van der Waals surface area contributed by atoms with Gasteiger partial charge in [-0.25, -0.2) is 4.98 Å². The van der Waals surface area contributed by atoms with Crippen molar-refractivity contribution >= 4 is 66.4 Å². The minimum Gasteiger partial charge on any atom is -0.509 e. The zero-order valence-electron chi connectivity index (χ0n) is 46.4. The molecule has 0 saturated heterocycles. The van der Waals surface area contributed by atoms with Crippen molar-refractivity contribution in [1.29, 1.82) is 0 Å². The molecule has 0 atom stereocenters. The number of benzene rings is 7. The minimum atomic E-state index is -0.0859. The summed E-state index contributed by atoms with van der Waals surface area (Å²) < 4.78 is 11.6. The van der Waals surface area contributed by atoms with E-state index in [0.717, 1.165) is 56.1 Å². The Morgan fingerprint density at radius 1 is 0.427 bits per heavy atom. The van der Waals surface area contributed by atoms with Crippen LogP contribution in [0.15, 0.2) is 146 Å². The number of hydrogen-bond acceptors (Lipinski definition) is 4. The van der Waals surface area contributed by atoms with Gasteiger partial charge in [0.2, 0.25) is 0 Å². The first kappa shape index (κ1) is 51.8. The Morgan fingerprint density at radius 3 is 1.55 bits per heavy atom. The van der Waals surface area contributed by atoms with E-state index in [1.165, 1.54) is 49.6 Å². The Balaban J connectivity index is 0.00000641. The smallest absolute Gasteiger partial charge is 0.135 e. The van der Waals surface area contributed by atoms with Crippen LogP contribution in [0.1, 0.15) is 132 Å². The number of ether oxygens (including phenoxy) is 1. The van der Waals surface area contributed by atoms with Crippen LogP contribution in [0.25, 0.3) is 55.1 Å². The molecule has 0 aliphatic carbocycles. The normalized spacial score (nSPS) is 13.6. The van der Waals surface area contributed by atoms with Crippen molar-refractivity contribution in [3.05, 3.63) is 192 Å². The molecule has 4 heterocycles. The Hall–Kier alpha value is -6.62. The summed E-state index contributed by atoms with van der Waals surface area (Å²) in [5.74, 6) is 2.02.